The van der Waals surface area contributed by atoms with Gasteiger partial charge >= 0.3 is 0 Å². The van der Waals surface area contributed by atoms with Crippen molar-refractivity contribution in [2.24, 2.45) is 5.92 Å². The summed E-state index contributed by atoms with van der Waals surface area (Å²) in [5.41, 5.74) is 3.50. The molecule has 2 aliphatic rings. The second-order valence-corrected chi connectivity index (χ2v) is 6.21. The summed E-state index contributed by atoms with van der Waals surface area (Å²) < 4.78 is 0. The first kappa shape index (κ1) is 13.0. The maximum absolute atomic E-state index is 4.30. The Hall–Kier alpha value is -1.03. The summed E-state index contributed by atoms with van der Waals surface area (Å²) in [4.78, 5) is 0. The summed E-state index contributed by atoms with van der Waals surface area (Å²) in [6.07, 6.45) is 8.11. The Morgan fingerprint density at radius 3 is 2.63 bits per heavy atom. The van der Waals surface area contributed by atoms with Crippen molar-refractivity contribution in [1.29, 1.82) is 0 Å². The molecule has 1 saturated carbocycles. The largest absolute Gasteiger partial charge is 0.379 e. The van der Waals surface area contributed by atoms with Gasteiger partial charge < -0.3 is 10.6 Å². The average molecular weight is 262 g/mol. The van der Waals surface area contributed by atoms with E-state index in [-0.39, 0.29) is 0 Å². The number of anilines is 1. The third-order valence-electron chi connectivity index (χ3n) is 4.89. The molecule has 2 fully saturated rings. The van der Waals surface area contributed by atoms with E-state index in [1.165, 1.54) is 56.5 Å². The highest BCUT2D eigenvalue weighted by Crippen LogP contribution is 2.33. The molecule has 1 aromatic rings. The van der Waals surface area contributed by atoms with Gasteiger partial charge in [-0.05, 0) is 52.0 Å². The smallest absolute Gasteiger partial charge is 0.0825 e. The molecule has 0 aromatic carbocycles. The highest BCUT2D eigenvalue weighted by Gasteiger charge is 2.33. The van der Waals surface area contributed by atoms with Gasteiger partial charge in [0.2, 0.25) is 0 Å². The van der Waals surface area contributed by atoms with Crippen LogP contribution >= 0.6 is 0 Å². The molecule has 106 valence electrons. The molecule has 3 rings (SSSR count). The predicted molar refractivity (Wildman–Crippen MR) is 78.5 cm³/mol. The van der Waals surface area contributed by atoms with Crippen LogP contribution in [0.25, 0.3) is 0 Å². The molecule has 19 heavy (non-hydrogen) atoms. The van der Waals surface area contributed by atoms with Gasteiger partial charge in [-0.3, -0.25) is 5.10 Å². The Morgan fingerprint density at radius 1 is 1.11 bits per heavy atom. The predicted octanol–water partition coefficient (Wildman–Crippen LogP) is 2.75. The molecule has 0 spiro atoms. The molecule has 4 nitrogen and oxygen atoms in total. The highest BCUT2D eigenvalue weighted by atomic mass is 15.2. The molecular formula is C15H26N4. The fourth-order valence-electron chi connectivity index (χ4n) is 3.85. The van der Waals surface area contributed by atoms with Gasteiger partial charge in [-0.2, -0.15) is 5.10 Å². The van der Waals surface area contributed by atoms with Crippen LogP contribution in [-0.4, -0.2) is 28.8 Å². The standard InChI is InChI=1S/C15H26N4/c1-10-15(11(2)19-18-10)17-14-7-4-3-6-12(14)13-8-5-9-16-13/h12-14,16-17H,3-9H2,1-2H3,(H,18,19). The summed E-state index contributed by atoms with van der Waals surface area (Å²) >= 11 is 0. The minimum atomic E-state index is 0.611. The van der Waals surface area contributed by atoms with Crippen molar-refractivity contribution in [3.8, 4) is 0 Å². The fraction of sp³-hybridized carbons (Fsp3) is 0.800. The first-order valence-corrected chi connectivity index (χ1v) is 7.77. The number of aryl methyl sites for hydroxylation is 2. The number of aromatic nitrogens is 2. The Balaban J connectivity index is 1.73. The third-order valence-corrected chi connectivity index (χ3v) is 4.89. The van der Waals surface area contributed by atoms with Crippen molar-refractivity contribution in [2.45, 2.75) is 64.5 Å². The van der Waals surface area contributed by atoms with Crippen LogP contribution in [0.1, 0.15) is 49.9 Å². The second-order valence-electron chi connectivity index (χ2n) is 6.21. The third kappa shape index (κ3) is 2.64. The van der Waals surface area contributed by atoms with Gasteiger partial charge in [-0.1, -0.05) is 12.8 Å². The number of rotatable bonds is 3. The first-order valence-electron chi connectivity index (χ1n) is 7.77. The lowest BCUT2D eigenvalue weighted by molar-refractivity contribution is 0.262. The Morgan fingerprint density at radius 2 is 1.95 bits per heavy atom. The van der Waals surface area contributed by atoms with Crippen LogP contribution in [-0.2, 0) is 0 Å². The monoisotopic (exact) mass is 262 g/mol. The van der Waals surface area contributed by atoms with Gasteiger partial charge in [-0.15, -0.1) is 0 Å². The molecular weight excluding hydrogens is 236 g/mol. The van der Waals surface area contributed by atoms with Crippen LogP contribution in [0.15, 0.2) is 0 Å². The molecule has 0 bridgehead atoms. The molecule has 4 heteroatoms. The zero-order chi connectivity index (χ0) is 13.2. The molecule has 2 heterocycles. The fourth-order valence-corrected chi connectivity index (χ4v) is 3.85. The molecule has 1 aliphatic carbocycles. The summed E-state index contributed by atoms with van der Waals surface area (Å²) in [7, 11) is 0. The van der Waals surface area contributed by atoms with Crippen LogP contribution in [0.4, 0.5) is 5.69 Å². The summed E-state index contributed by atoms with van der Waals surface area (Å²) in [6.45, 7) is 5.39. The number of aromatic amines is 1. The van der Waals surface area contributed by atoms with Crippen LogP contribution in [0.3, 0.4) is 0 Å². The van der Waals surface area contributed by atoms with Crippen LogP contribution in [0, 0.1) is 19.8 Å². The molecule has 1 aromatic heterocycles. The molecule has 3 N–H and O–H groups in total. The lowest BCUT2D eigenvalue weighted by Gasteiger charge is -2.36. The molecule has 3 atom stereocenters. The lowest BCUT2D eigenvalue weighted by Crippen LogP contribution is -2.43. The van der Waals surface area contributed by atoms with Gasteiger partial charge in [0.25, 0.3) is 0 Å². The van der Waals surface area contributed by atoms with E-state index >= 15 is 0 Å². The van der Waals surface area contributed by atoms with E-state index in [0.717, 1.165) is 17.7 Å². The average Bonchev–Trinajstić information content (AvgIpc) is 3.05. The Kier molecular flexibility index (Phi) is 3.78. The van der Waals surface area contributed by atoms with Gasteiger partial charge in [-0.25, -0.2) is 0 Å². The lowest BCUT2D eigenvalue weighted by atomic mass is 9.79. The van der Waals surface area contributed by atoms with Crippen LogP contribution in [0.2, 0.25) is 0 Å². The number of H-pyrrole nitrogens is 1. The van der Waals surface area contributed by atoms with E-state index in [4.69, 9.17) is 0 Å². The van der Waals surface area contributed by atoms with E-state index in [1.54, 1.807) is 0 Å². The van der Waals surface area contributed by atoms with Gasteiger partial charge in [0.05, 0.1) is 17.1 Å². The topological polar surface area (TPSA) is 52.7 Å². The maximum atomic E-state index is 4.30. The summed E-state index contributed by atoms with van der Waals surface area (Å²) in [5.74, 6) is 0.782. The molecule has 3 unspecified atom stereocenters. The van der Waals surface area contributed by atoms with E-state index in [9.17, 15) is 0 Å². The van der Waals surface area contributed by atoms with Crippen molar-refractivity contribution in [3.05, 3.63) is 11.4 Å². The van der Waals surface area contributed by atoms with Gasteiger partial charge in [0.1, 0.15) is 0 Å². The summed E-state index contributed by atoms with van der Waals surface area (Å²) in [5, 5.41) is 14.9. The molecule has 1 aliphatic heterocycles. The maximum Gasteiger partial charge on any atom is 0.0825 e. The number of nitrogens with one attached hydrogen (secondary N) is 3. The molecule has 1 saturated heterocycles. The minimum Gasteiger partial charge on any atom is -0.379 e. The van der Waals surface area contributed by atoms with E-state index < -0.39 is 0 Å². The van der Waals surface area contributed by atoms with Crippen molar-refractivity contribution >= 4 is 5.69 Å². The van der Waals surface area contributed by atoms with Gasteiger partial charge in [0.15, 0.2) is 0 Å². The van der Waals surface area contributed by atoms with E-state index in [0.29, 0.717) is 6.04 Å². The van der Waals surface area contributed by atoms with Crippen LogP contribution in [0.5, 0.6) is 0 Å². The van der Waals surface area contributed by atoms with Gasteiger partial charge in [0, 0.05) is 12.1 Å². The van der Waals surface area contributed by atoms with Crippen molar-refractivity contribution < 1.29 is 0 Å². The Labute approximate surface area is 115 Å². The number of nitrogens with zero attached hydrogens (tertiary/aromatic N) is 1. The SMILES string of the molecule is Cc1n[nH]c(C)c1NC1CCCCC1C1CCCN1. The first-order chi connectivity index (χ1) is 9.25. The summed E-state index contributed by atoms with van der Waals surface area (Å²) in [6, 6.07) is 1.34. The van der Waals surface area contributed by atoms with E-state index in [1.807, 2.05) is 0 Å². The minimum absolute atomic E-state index is 0.611. The zero-order valence-electron chi connectivity index (χ0n) is 12.1. The van der Waals surface area contributed by atoms with Crippen molar-refractivity contribution in [3.63, 3.8) is 0 Å². The normalized spacial score (nSPS) is 31.6. The molecule has 0 radical (unpaired) electrons. The van der Waals surface area contributed by atoms with Crippen molar-refractivity contribution in [2.75, 3.05) is 11.9 Å². The van der Waals surface area contributed by atoms with Crippen LogP contribution < -0.4 is 10.6 Å². The molecule has 0 amide bonds. The van der Waals surface area contributed by atoms with Crippen molar-refractivity contribution in [1.82, 2.24) is 15.5 Å². The number of hydrogen-bond acceptors (Lipinski definition) is 3. The number of hydrogen-bond donors (Lipinski definition) is 3. The van der Waals surface area contributed by atoms with E-state index in [2.05, 4.69) is 34.7 Å². The Bertz CT molecular complexity index is 400. The highest BCUT2D eigenvalue weighted by molar-refractivity contribution is 5.52. The quantitative estimate of drug-likeness (QED) is 0.785. The second kappa shape index (κ2) is 5.53. The zero-order valence-corrected chi connectivity index (χ0v) is 12.1.